The first-order valence-corrected chi connectivity index (χ1v) is 9.87. The molecule has 3 aromatic rings. The van der Waals surface area contributed by atoms with Gasteiger partial charge in [0.15, 0.2) is 17.3 Å². The van der Waals surface area contributed by atoms with Crippen LogP contribution in [0.3, 0.4) is 0 Å². The molecule has 0 spiro atoms. The molecule has 0 saturated heterocycles. The number of aliphatic hydroxyl groups is 1. The van der Waals surface area contributed by atoms with Crippen molar-refractivity contribution in [3.63, 3.8) is 0 Å². The lowest BCUT2D eigenvalue weighted by Gasteiger charge is -2.12. The van der Waals surface area contributed by atoms with E-state index in [0.29, 0.717) is 22.8 Å². The number of ether oxygens (including phenoxy) is 3. The number of nitrogens with zero attached hydrogens (tertiary/aromatic N) is 2. The van der Waals surface area contributed by atoms with Crippen molar-refractivity contribution in [3.05, 3.63) is 65.9 Å². The average Bonchev–Trinajstić information content (AvgIpc) is 2.85. The Morgan fingerprint density at radius 3 is 2.48 bits per heavy atom. The van der Waals surface area contributed by atoms with Crippen LogP contribution < -0.4 is 19.5 Å². The predicted molar refractivity (Wildman–Crippen MR) is 116 cm³/mol. The van der Waals surface area contributed by atoms with E-state index in [1.54, 1.807) is 12.1 Å². The van der Waals surface area contributed by atoms with Crippen LogP contribution in [0.25, 0.3) is 11.3 Å². The molecule has 172 valence electrons. The minimum absolute atomic E-state index is 0.0775. The largest absolute Gasteiger partial charge is 0.494 e. The number of nitrogens with one attached hydrogen (secondary N) is 1. The van der Waals surface area contributed by atoms with Crippen molar-refractivity contribution in [2.75, 3.05) is 34.0 Å². The van der Waals surface area contributed by atoms with E-state index in [4.69, 9.17) is 19.3 Å². The minimum atomic E-state index is -0.691. The summed E-state index contributed by atoms with van der Waals surface area (Å²) in [6, 6.07) is 10.3. The minimum Gasteiger partial charge on any atom is -0.494 e. The first kappa shape index (κ1) is 23.6. The predicted octanol–water partition coefficient (Wildman–Crippen LogP) is 2.28. The van der Waals surface area contributed by atoms with Crippen LogP contribution in [0.4, 0.5) is 4.39 Å². The van der Waals surface area contributed by atoms with Crippen molar-refractivity contribution < 1.29 is 33.3 Å². The summed E-state index contributed by atoms with van der Waals surface area (Å²) in [5.41, 5.74) is 1.01. The SMILES string of the molecule is COc1cc(C(=O)NCC(=O)c2ccc(OC)c(-c3ccnc(F)c3)n2)ccc1OCCO. The lowest BCUT2D eigenvalue weighted by atomic mass is 10.1. The molecule has 9 nitrogen and oxygen atoms in total. The highest BCUT2D eigenvalue weighted by Crippen LogP contribution is 2.29. The molecule has 0 aliphatic heterocycles. The molecule has 33 heavy (non-hydrogen) atoms. The van der Waals surface area contributed by atoms with Crippen molar-refractivity contribution in [1.29, 1.82) is 0 Å². The molecule has 0 aliphatic rings. The van der Waals surface area contributed by atoms with E-state index in [1.165, 1.54) is 50.7 Å². The molecule has 0 saturated carbocycles. The zero-order valence-corrected chi connectivity index (χ0v) is 18.0. The van der Waals surface area contributed by atoms with Gasteiger partial charge in [0.05, 0.1) is 27.4 Å². The summed E-state index contributed by atoms with van der Waals surface area (Å²) in [6.45, 7) is -0.391. The molecule has 0 bridgehead atoms. The van der Waals surface area contributed by atoms with Crippen LogP contribution in [0.1, 0.15) is 20.8 Å². The van der Waals surface area contributed by atoms with Gasteiger partial charge in [-0.3, -0.25) is 9.59 Å². The fraction of sp³-hybridized carbons (Fsp3) is 0.217. The number of pyridine rings is 2. The molecule has 3 rings (SSSR count). The van der Waals surface area contributed by atoms with Gasteiger partial charge in [-0.1, -0.05) is 0 Å². The monoisotopic (exact) mass is 455 g/mol. The summed E-state index contributed by atoms with van der Waals surface area (Å²) in [5, 5.41) is 11.4. The van der Waals surface area contributed by atoms with E-state index >= 15 is 0 Å². The van der Waals surface area contributed by atoms with Crippen LogP contribution in [0.2, 0.25) is 0 Å². The number of halogens is 1. The van der Waals surface area contributed by atoms with Gasteiger partial charge in [0.2, 0.25) is 5.95 Å². The summed E-state index contributed by atoms with van der Waals surface area (Å²) >= 11 is 0. The lowest BCUT2D eigenvalue weighted by molar-refractivity contribution is 0.0902. The Labute approximate surface area is 189 Å². The van der Waals surface area contributed by atoms with E-state index < -0.39 is 17.6 Å². The number of hydrogen-bond acceptors (Lipinski definition) is 8. The van der Waals surface area contributed by atoms with Gasteiger partial charge in [0.1, 0.15) is 23.7 Å². The number of methoxy groups -OCH3 is 2. The van der Waals surface area contributed by atoms with Gasteiger partial charge in [-0.15, -0.1) is 0 Å². The number of benzene rings is 1. The van der Waals surface area contributed by atoms with Crippen molar-refractivity contribution in [3.8, 4) is 28.5 Å². The first-order chi connectivity index (χ1) is 16.0. The second-order valence-corrected chi connectivity index (χ2v) is 6.66. The standard InChI is InChI=1S/C23H22FN3O6/c1-31-19-6-4-16(27-22(19)14-7-8-25-21(24)12-14)17(29)13-26-23(30)15-3-5-18(33-10-9-28)20(11-15)32-2/h3-8,11-12,28H,9-10,13H2,1-2H3,(H,26,30). The second kappa shape index (κ2) is 11.0. The third-order valence-electron chi connectivity index (χ3n) is 4.55. The van der Waals surface area contributed by atoms with Gasteiger partial charge < -0.3 is 24.6 Å². The van der Waals surface area contributed by atoms with E-state index in [2.05, 4.69) is 15.3 Å². The molecule has 0 fully saturated rings. The van der Waals surface area contributed by atoms with E-state index in [-0.39, 0.29) is 36.7 Å². The first-order valence-electron chi connectivity index (χ1n) is 9.87. The fourth-order valence-corrected chi connectivity index (χ4v) is 2.96. The number of amides is 1. The average molecular weight is 455 g/mol. The number of ketones is 1. The van der Waals surface area contributed by atoms with Gasteiger partial charge in [0.25, 0.3) is 5.91 Å². The molecule has 0 atom stereocenters. The number of hydrogen-bond donors (Lipinski definition) is 2. The Hall–Kier alpha value is -4.05. The lowest BCUT2D eigenvalue weighted by Crippen LogP contribution is -2.30. The van der Waals surface area contributed by atoms with Crippen LogP contribution >= 0.6 is 0 Å². The molecule has 0 unspecified atom stereocenters. The molecule has 10 heteroatoms. The van der Waals surface area contributed by atoms with Gasteiger partial charge in [-0.25, -0.2) is 9.97 Å². The molecule has 2 N–H and O–H groups in total. The number of rotatable bonds is 10. The maximum atomic E-state index is 13.5. The van der Waals surface area contributed by atoms with Gasteiger partial charge >= 0.3 is 0 Å². The Balaban J connectivity index is 1.73. The van der Waals surface area contributed by atoms with Crippen molar-refractivity contribution in [2.45, 2.75) is 0 Å². The molecule has 2 aromatic heterocycles. The number of carbonyl (C=O) groups excluding carboxylic acids is 2. The normalized spacial score (nSPS) is 10.4. The molecular formula is C23H22FN3O6. The maximum Gasteiger partial charge on any atom is 0.251 e. The molecule has 1 amide bonds. The van der Waals surface area contributed by atoms with Gasteiger partial charge in [-0.2, -0.15) is 4.39 Å². The topological polar surface area (TPSA) is 120 Å². The van der Waals surface area contributed by atoms with Crippen molar-refractivity contribution in [2.24, 2.45) is 0 Å². The van der Waals surface area contributed by atoms with E-state index in [9.17, 15) is 14.0 Å². The molecular weight excluding hydrogens is 433 g/mol. The van der Waals surface area contributed by atoms with Gasteiger partial charge in [0, 0.05) is 23.4 Å². The third kappa shape index (κ3) is 5.80. The Kier molecular flexibility index (Phi) is 7.87. The van der Waals surface area contributed by atoms with E-state index in [0.717, 1.165) is 0 Å². The summed E-state index contributed by atoms with van der Waals surface area (Å²) < 4.78 is 29.3. The van der Waals surface area contributed by atoms with Crippen LogP contribution in [-0.2, 0) is 0 Å². The Morgan fingerprint density at radius 1 is 1.03 bits per heavy atom. The zero-order chi connectivity index (χ0) is 23.8. The number of aromatic nitrogens is 2. The molecule has 0 radical (unpaired) electrons. The summed E-state index contributed by atoms with van der Waals surface area (Å²) in [5.74, 6) is -0.590. The summed E-state index contributed by atoms with van der Waals surface area (Å²) in [6.07, 6.45) is 1.29. The Bertz CT molecular complexity index is 1150. The van der Waals surface area contributed by atoms with Crippen molar-refractivity contribution in [1.82, 2.24) is 15.3 Å². The summed E-state index contributed by atoms with van der Waals surface area (Å²) in [7, 11) is 2.86. The van der Waals surface area contributed by atoms with Crippen molar-refractivity contribution >= 4 is 11.7 Å². The Morgan fingerprint density at radius 2 is 1.79 bits per heavy atom. The summed E-state index contributed by atoms with van der Waals surface area (Å²) in [4.78, 5) is 33.0. The van der Waals surface area contributed by atoms with E-state index in [1.807, 2.05) is 0 Å². The van der Waals surface area contributed by atoms with Crippen LogP contribution in [-0.4, -0.2) is 60.7 Å². The highest BCUT2D eigenvalue weighted by atomic mass is 19.1. The highest BCUT2D eigenvalue weighted by molar-refractivity contribution is 6.01. The smallest absolute Gasteiger partial charge is 0.251 e. The third-order valence-corrected chi connectivity index (χ3v) is 4.55. The molecule has 2 heterocycles. The fourth-order valence-electron chi connectivity index (χ4n) is 2.96. The number of Topliss-reactive ketones (excluding diaryl/α,β-unsaturated/α-hetero) is 1. The number of aliphatic hydroxyl groups excluding tert-OH is 1. The van der Waals surface area contributed by atoms with Crippen LogP contribution in [0, 0.1) is 5.95 Å². The van der Waals surface area contributed by atoms with Crippen LogP contribution in [0.15, 0.2) is 48.7 Å². The molecule has 0 aliphatic carbocycles. The quantitative estimate of drug-likeness (QED) is 0.353. The molecule has 1 aromatic carbocycles. The number of carbonyl (C=O) groups is 2. The highest BCUT2D eigenvalue weighted by Gasteiger charge is 2.17. The second-order valence-electron chi connectivity index (χ2n) is 6.66. The van der Waals surface area contributed by atoms with Gasteiger partial charge in [-0.05, 0) is 36.4 Å². The van der Waals surface area contributed by atoms with Crippen LogP contribution in [0.5, 0.6) is 17.2 Å². The maximum absolute atomic E-state index is 13.5. The zero-order valence-electron chi connectivity index (χ0n) is 18.0.